The van der Waals surface area contributed by atoms with Crippen molar-refractivity contribution >= 4 is 17.5 Å². The van der Waals surface area contributed by atoms with Gasteiger partial charge in [0.2, 0.25) is 5.91 Å². The molecule has 0 spiro atoms. The number of hydrogen-bond donors (Lipinski definition) is 3. The molecule has 21 heavy (non-hydrogen) atoms. The molecule has 0 bridgehead atoms. The van der Waals surface area contributed by atoms with E-state index >= 15 is 0 Å². The fraction of sp³-hybridized carbons (Fsp3) is 0.500. The van der Waals surface area contributed by atoms with Gasteiger partial charge in [-0.05, 0) is 39.8 Å². The van der Waals surface area contributed by atoms with Gasteiger partial charge in [-0.15, -0.1) is 0 Å². The summed E-state index contributed by atoms with van der Waals surface area (Å²) in [6.45, 7) is 7.91. The van der Waals surface area contributed by atoms with Gasteiger partial charge in [0.1, 0.15) is 0 Å². The number of para-hydroxylation sites is 1. The Balaban J connectivity index is 2.79. The summed E-state index contributed by atoms with van der Waals surface area (Å²) >= 11 is 0. The largest absolute Gasteiger partial charge is 0.382 e. The van der Waals surface area contributed by atoms with Crippen LogP contribution in [0.25, 0.3) is 0 Å². The van der Waals surface area contributed by atoms with Crippen LogP contribution in [0.15, 0.2) is 24.3 Å². The van der Waals surface area contributed by atoms with Gasteiger partial charge in [0.05, 0.1) is 11.0 Å². The van der Waals surface area contributed by atoms with Crippen LogP contribution in [0.5, 0.6) is 0 Å². The molecule has 1 aromatic carbocycles. The third-order valence-corrected chi connectivity index (χ3v) is 3.15. The number of hydrogen-bond acceptors (Lipinski definition) is 3. The highest BCUT2D eigenvalue weighted by molar-refractivity contribution is 6.00. The van der Waals surface area contributed by atoms with Crippen LogP contribution in [-0.4, -0.2) is 31.4 Å². The number of anilines is 1. The molecule has 0 unspecified atom stereocenters. The molecule has 5 heteroatoms. The van der Waals surface area contributed by atoms with E-state index in [0.717, 1.165) is 5.69 Å². The fourth-order valence-electron chi connectivity index (χ4n) is 1.93. The molecule has 3 N–H and O–H groups in total. The number of carbonyl (C=O) groups is 2. The summed E-state index contributed by atoms with van der Waals surface area (Å²) in [7, 11) is 1.59. The minimum Gasteiger partial charge on any atom is -0.382 e. The number of rotatable bonds is 6. The molecule has 0 fully saturated rings. The second-order valence-electron chi connectivity index (χ2n) is 5.99. The predicted molar refractivity (Wildman–Crippen MR) is 85.4 cm³/mol. The Morgan fingerprint density at radius 1 is 1.19 bits per heavy atom. The summed E-state index contributed by atoms with van der Waals surface area (Å²) in [4.78, 5) is 24.0. The lowest BCUT2D eigenvalue weighted by molar-refractivity contribution is -0.128. The van der Waals surface area contributed by atoms with Crippen LogP contribution in [-0.2, 0) is 4.79 Å². The van der Waals surface area contributed by atoms with Crippen molar-refractivity contribution in [1.82, 2.24) is 10.6 Å². The number of nitrogens with one attached hydrogen (secondary N) is 3. The van der Waals surface area contributed by atoms with Gasteiger partial charge in [-0.2, -0.15) is 0 Å². The summed E-state index contributed by atoms with van der Waals surface area (Å²) in [6, 6.07) is 7.59. The van der Waals surface area contributed by atoms with E-state index in [1.54, 1.807) is 27.0 Å². The van der Waals surface area contributed by atoms with E-state index in [0.29, 0.717) is 5.56 Å². The molecular formula is C16H25N3O2. The van der Waals surface area contributed by atoms with Crippen molar-refractivity contribution in [2.24, 2.45) is 5.41 Å². The van der Waals surface area contributed by atoms with E-state index in [4.69, 9.17) is 0 Å². The smallest absolute Gasteiger partial charge is 0.253 e. The summed E-state index contributed by atoms with van der Waals surface area (Å²) in [5.74, 6) is -0.285. The molecule has 2 amide bonds. The number of carbonyl (C=O) groups excluding carboxylic acids is 2. The normalized spacial score (nSPS) is 11.1. The van der Waals surface area contributed by atoms with Crippen molar-refractivity contribution in [3.8, 4) is 0 Å². The minimum absolute atomic E-state index is 0.101. The molecule has 0 aliphatic carbocycles. The maximum atomic E-state index is 12.3. The fourth-order valence-corrected chi connectivity index (χ4v) is 1.93. The standard InChI is InChI=1S/C16H25N3O2/c1-11(2)19-13-9-7-6-8-12(13)14(20)18-10-16(3,4)15(21)17-5/h6-9,11,19H,10H2,1-5H3,(H,17,21)(H,18,20). The second kappa shape index (κ2) is 7.11. The lowest BCUT2D eigenvalue weighted by atomic mass is 9.92. The van der Waals surface area contributed by atoms with Crippen molar-refractivity contribution in [2.75, 3.05) is 18.9 Å². The van der Waals surface area contributed by atoms with Gasteiger partial charge in [-0.25, -0.2) is 0 Å². The first-order chi connectivity index (χ1) is 9.77. The van der Waals surface area contributed by atoms with E-state index in [9.17, 15) is 9.59 Å². The van der Waals surface area contributed by atoms with Crippen LogP contribution in [0.2, 0.25) is 0 Å². The predicted octanol–water partition coefficient (Wildman–Crippen LogP) is 2.01. The van der Waals surface area contributed by atoms with Crippen molar-refractivity contribution in [3.05, 3.63) is 29.8 Å². The van der Waals surface area contributed by atoms with Crippen molar-refractivity contribution in [1.29, 1.82) is 0 Å². The van der Waals surface area contributed by atoms with Crippen LogP contribution in [0, 0.1) is 5.41 Å². The highest BCUT2D eigenvalue weighted by atomic mass is 16.2. The van der Waals surface area contributed by atoms with Gasteiger partial charge in [0.15, 0.2) is 0 Å². The zero-order valence-electron chi connectivity index (χ0n) is 13.4. The first-order valence-electron chi connectivity index (χ1n) is 7.14. The SMILES string of the molecule is CNC(=O)C(C)(C)CNC(=O)c1ccccc1NC(C)C. The van der Waals surface area contributed by atoms with Crippen LogP contribution < -0.4 is 16.0 Å². The number of benzene rings is 1. The van der Waals surface area contributed by atoms with Gasteiger partial charge in [0, 0.05) is 25.3 Å². The van der Waals surface area contributed by atoms with Crippen LogP contribution in [0.3, 0.4) is 0 Å². The van der Waals surface area contributed by atoms with Crippen molar-refractivity contribution in [2.45, 2.75) is 33.7 Å². The van der Waals surface area contributed by atoms with Crippen LogP contribution >= 0.6 is 0 Å². The number of amides is 2. The van der Waals surface area contributed by atoms with Crippen molar-refractivity contribution in [3.63, 3.8) is 0 Å². The van der Waals surface area contributed by atoms with E-state index in [1.807, 2.05) is 32.0 Å². The topological polar surface area (TPSA) is 70.2 Å². The van der Waals surface area contributed by atoms with Gasteiger partial charge in [-0.3, -0.25) is 9.59 Å². The summed E-state index contributed by atoms with van der Waals surface area (Å²) in [5, 5.41) is 8.68. The highest BCUT2D eigenvalue weighted by Gasteiger charge is 2.27. The van der Waals surface area contributed by atoms with Gasteiger partial charge in [-0.1, -0.05) is 12.1 Å². The Bertz CT molecular complexity index is 510. The van der Waals surface area contributed by atoms with E-state index in [-0.39, 0.29) is 24.4 Å². The maximum Gasteiger partial charge on any atom is 0.253 e. The molecule has 0 aliphatic heterocycles. The molecule has 0 saturated heterocycles. The minimum atomic E-state index is -0.648. The molecule has 0 aromatic heterocycles. The average Bonchev–Trinajstić information content (AvgIpc) is 2.43. The zero-order chi connectivity index (χ0) is 16.0. The lowest BCUT2D eigenvalue weighted by Crippen LogP contribution is -2.43. The van der Waals surface area contributed by atoms with E-state index in [1.165, 1.54) is 0 Å². The molecule has 1 rings (SSSR count). The third-order valence-electron chi connectivity index (χ3n) is 3.15. The summed E-state index contributed by atoms with van der Waals surface area (Å²) in [5.41, 5.74) is 0.729. The molecule has 1 aromatic rings. The lowest BCUT2D eigenvalue weighted by Gasteiger charge is -2.23. The first-order valence-corrected chi connectivity index (χ1v) is 7.14. The summed E-state index contributed by atoms with van der Waals surface area (Å²) in [6.07, 6.45) is 0. The Morgan fingerprint density at radius 2 is 1.81 bits per heavy atom. The second-order valence-corrected chi connectivity index (χ2v) is 5.99. The monoisotopic (exact) mass is 291 g/mol. The molecule has 0 aliphatic rings. The highest BCUT2D eigenvalue weighted by Crippen LogP contribution is 2.17. The van der Waals surface area contributed by atoms with E-state index in [2.05, 4.69) is 16.0 Å². The molecule has 116 valence electrons. The van der Waals surface area contributed by atoms with Crippen LogP contribution in [0.1, 0.15) is 38.1 Å². The molecule has 0 radical (unpaired) electrons. The summed E-state index contributed by atoms with van der Waals surface area (Å²) < 4.78 is 0. The Hall–Kier alpha value is -2.04. The Kier molecular flexibility index (Phi) is 5.76. The molecule has 5 nitrogen and oxygen atoms in total. The Labute approximate surface area is 126 Å². The van der Waals surface area contributed by atoms with Crippen LogP contribution in [0.4, 0.5) is 5.69 Å². The van der Waals surface area contributed by atoms with Gasteiger partial charge in [0.25, 0.3) is 5.91 Å². The first kappa shape index (κ1) is 17.0. The maximum absolute atomic E-state index is 12.3. The van der Waals surface area contributed by atoms with Crippen molar-refractivity contribution < 1.29 is 9.59 Å². The molecular weight excluding hydrogens is 266 g/mol. The average molecular weight is 291 g/mol. The Morgan fingerprint density at radius 3 is 2.38 bits per heavy atom. The molecule has 0 atom stereocenters. The van der Waals surface area contributed by atoms with E-state index < -0.39 is 5.41 Å². The van der Waals surface area contributed by atoms with Gasteiger partial charge >= 0.3 is 0 Å². The third kappa shape index (κ3) is 4.77. The molecule has 0 saturated carbocycles. The van der Waals surface area contributed by atoms with Gasteiger partial charge < -0.3 is 16.0 Å². The zero-order valence-corrected chi connectivity index (χ0v) is 13.4. The molecule has 0 heterocycles. The quantitative estimate of drug-likeness (QED) is 0.751.